The topological polar surface area (TPSA) is 47.6 Å². The van der Waals surface area contributed by atoms with Crippen molar-refractivity contribution in [3.8, 4) is 0 Å². The summed E-state index contributed by atoms with van der Waals surface area (Å²) in [4.78, 5) is 5.52. The van der Waals surface area contributed by atoms with E-state index in [1.165, 1.54) is 0 Å². The minimum Gasteiger partial charge on any atom is -0.388 e. The fourth-order valence-electron chi connectivity index (χ4n) is 1.48. The fraction of sp³-hybridized carbons (Fsp3) is 0.462. The summed E-state index contributed by atoms with van der Waals surface area (Å²) >= 11 is 6.00. The third-order valence-electron chi connectivity index (χ3n) is 3.00. The highest BCUT2D eigenvalue weighted by Crippen LogP contribution is 2.19. The summed E-state index contributed by atoms with van der Waals surface area (Å²) in [6.45, 7) is 4.54. The molecule has 0 aromatic heterocycles. The summed E-state index contributed by atoms with van der Waals surface area (Å²) in [6, 6.07) is 7.49. The van der Waals surface area contributed by atoms with Crippen molar-refractivity contribution in [2.75, 3.05) is 6.54 Å². The van der Waals surface area contributed by atoms with E-state index in [1.54, 1.807) is 6.21 Å². The summed E-state index contributed by atoms with van der Waals surface area (Å²) in [5.41, 5.74) is 6.19. The van der Waals surface area contributed by atoms with Gasteiger partial charge in [0.25, 0.3) is 0 Å². The van der Waals surface area contributed by atoms with E-state index in [0.29, 0.717) is 11.6 Å². The Kier molecular flexibility index (Phi) is 5.45. The predicted molar refractivity (Wildman–Crippen MR) is 72.5 cm³/mol. The van der Waals surface area contributed by atoms with Gasteiger partial charge in [0.05, 0.1) is 6.21 Å². The van der Waals surface area contributed by atoms with Crippen molar-refractivity contribution in [1.82, 2.24) is 0 Å². The van der Waals surface area contributed by atoms with Crippen LogP contribution in [0.25, 0.3) is 0 Å². The lowest BCUT2D eigenvalue weighted by Gasteiger charge is -2.26. The molecule has 94 valence electrons. The average Bonchev–Trinajstić information content (AvgIpc) is 2.37. The highest BCUT2D eigenvalue weighted by atomic mass is 35.5. The van der Waals surface area contributed by atoms with Gasteiger partial charge in [-0.2, -0.15) is 0 Å². The number of nitrogens with two attached hydrogens (primary N) is 1. The van der Waals surface area contributed by atoms with E-state index in [-0.39, 0.29) is 5.60 Å². The Morgan fingerprint density at radius 3 is 2.53 bits per heavy atom. The zero-order chi connectivity index (χ0) is 12.7. The van der Waals surface area contributed by atoms with Crippen molar-refractivity contribution in [3.63, 3.8) is 0 Å². The summed E-state index contributed by atoms with van der Waals surface area (Å²) in [7, 11) is 0. The molecule has 4 heteroatoms. The predicted octanol–water partition coefficient (Wildman–Crippen LogP) is 3.21. The Morgan fingerprint density at radius 1 is 1.35 bits per heavy atom. The van der Waals surface area contributed by atoms with Gasteiger partial charge in [-0.1, -0.05) is 48.8 Å². The molecule has 1 aromatic carbocycles. The van der Waals surface area contributed by atoms with Gasteiger partial charge in [-0.05, 0) is 18.9 Å². The van der Waals surface area contributed by atoms with Crippen molar-refractivity contribution in [2.45, 2.75) is 32.3 Å². The van der Waals surface area contributed by atoms with Crippen LogP contribution in [0.4, 0.5) is 0 Å². The van der Waals surface area contributed by atoms with E-state index >= 15 is 0 Å². The van der Waals surface area contributed by atoms with Gasteiger partial charge in [-0.3, -0.25) is 0 Å². The highest BCUT2D eigenvalue weighted by Gasteiger charge is 2.26. The van der Waals surface area contributed by atoms with E-state index in [4.69, 9.17) is 22.2 Å². The third-order valence-corrected chi connectivity index (χ3v) is 3.35. The Labute approximate surface area is 108 Å². The molecule has 0 aliphatic rings. The molecule has 0 bridgehead atoms. The minimum atomic E-state index is -0.363. The third kappa shape index (κ3) is 3.72. The van der Waals surface area contributed by atoms with E-state index < -0.39 is 0 Å². The van der Waals surface area contributed by atoms with Crippen LogP contribution in [0.2, 0.25) is 5.02 Å². The van der Waals surface area contributed by atoms with E-state index in [9.17, 15) is 0 Å². The number of halogens is 1. The van der Waals surface area contributed by atoms with Crippen LogP contribution < -0.4 is 5.73 Å². The maximum Gasteiger partial charge on any atom is 0.149 e. The first-order chi connectivity index (χ1) is 8.17. The molecule has 0 fully saturated rings. The van der Waals surface area contributed by atoms with Crippen LogP contribution in [-0.2, 0) is 4.84 Å². The highest BCUT2D eigenvalue weighted by molar-refractivity contribution is 6.33. The zero-order valence-electron chi connectivity index (χ0n) is 10.3. The largest absolute Gasteiger partial charge is 0.388 e. The molecule has 0 saturated heterocycles. The molecule has 0 unspecified atom stereocenters. The van der Waals surface area contributed by atoms with Gasteiger partial charge in [-0.25, -0.2) is 0 Å². The molecule has 2 N–H and O–H groups in total. The molecule has 1 rings (SSSR count). The standard InChI is InChI=1S/C13H19ClN2O/c1-3-13(4-2,10-15)17-16-9-11-7-5-6-8-12(11)14/h5-9H,3-4,10,15H2,1-2H3/b16-9+. The van der Waals surface area contributed by atoms with Gasteiger partial charge in [0, 0.05) is 17.1 Å². The first-order valence-corrected chi connectivity index (χ1v) is 6.21. The normalized spacial score (nSPS) is 12.0. The number of rotatable bonds is 6. The van der Waals surface area contributed by atoms with Crippen molar-refractivity contribution in [1.29, 1.82) is 0 Å². The van der Waals surface area contributed by atoms with Crippen LogP contribution in [0.3, 0.4) is 0 Å². The first kappa shape index (κ1) is 14.0. The molecular weight excluding hydrogens is 236 g/mol. The van der Waals surface area contributed by atoms with Gasteiger partial charge < -0.3 is 10.6 Å². The molecule has 0 spiro atoms. The molecule has 0 aliphatic heterocycles. The van der Waals surface area contributed by atoms with Gasteiger partial charge in [-0.15, -0.1) is 0 Å². The quantitative estimate of drug-likeness (QED) is 0.626. The molecule has 0 atom stereocenters. The van der Waals surface area contributed by atoms with Gasteiger partial charge in [0.15, 0.2) is 0 Å². The SMILES string of the molecule is CCC(CC)(CN)O/N=C/c1ccccc1Cl. The van der Waals surface area contributed by atoms with Crippen molar-refractivity contribution in [2.24, 2.45) is 10.9 Å². The molecule has 1 aromatic rings. The molecule has 0 heterocycles. The maximum absolute atomic E-state index is 6.00. The lowest BCUT2D eigenvalue weighted by Crippen LogP contribution is -2.38. The Bertz CT molecular complexity index is 367. The Morgan fingerprint density at radius 2 is 2.00 bits per heavy atom. The molecule has 0 aliphatic carbocycles. The minimum absolute atomic E-state index is 0.363. The summed E-state index contributed by atoms with van der Waals surface area (Å²) < 4.78 is 0. The van der Waals surface area contributed by atoms with Gasteiger partial charge in [0.2, 0.25) is 0 Å². The molecule has 17 heavy (non-hydrogen) atoms. The summed E-state index contributed by atoms with van der Waals surface area (Å²) in [5, 5.41) is 4.66. The van der Waals surface area contributed by atoms with E-state index in [2.05, 4.69) is 5.16 Å². The van der Waals surface area contributed by atoms with Crippen LogP contribution >= 0.6 is 11.6 Å². The maximum atomic E-state index is 6.00. The monoisotopic (exact) mass is 254 g/mol. The number of hydrogen-bond donors (Lipinski definition) is 1. The second-order valence-electron chi connectivity index (χ2n) is 3.94. The van der Waals surface area contributed by atoms with E-state index in [1.807, 2.05) is 38.1 Å². The number of oxime groups is 1. The molecule has 0 amide bonds. The molecule has 0 radical (unpaired) electrons. The summed E-state index contributed by atoms with van der Waals surface area (Å²) in [6.07, 6.45) is 3.29. The number of hydrogen-bond acceptors (Lipinski definition) is 3. The Hall–Kier alpha value is -1.06. The van der Waals surface area contributed by atoms with Crippen LogP contribution in [-0.4, -0.2) is 18.4 Å². The van der Waals surface area contributed by atoms with Crippen LogP contribution in [0, 0.1) is 0 Å². The molecular formula is C13H19ClN2O. The van der Waals surface area contributed by atoms with Crippen molar-refractivity contribution >= 4 is 17.8 Å². The second-order valence-corrected chi connectivity index (χ2v) is 4.35. The summed E-state index contributed by atoms with van der Waals surface area (Å²) in [5.74, 6) is 0. The fourth-order valence-corrected chi connectivity index (χ4v) is 1.66. The average molecular weight is 255 g/mol. The van der Waals surface area contributed by atoms with E-state index in [0.717, 1.165) is 18.4 Å². The van der Waals surface area contributed by atoms with Crippen LogP contribution in [0.5, 0.6) is 0 Å². The van der Waals surface area contributed by atoms with Crippen molar-refractivity contribution < 1.29 is 4.84 Å². The van der Waals surface area contributed by atoms with Gasteiger partial charge in [0.1, 0.15) is 5.60 Å². The smallest absolute Gasteiger partial charge is 0.149 e. The van der Waals surface area contributed by atoms with Gasteiger partial charge >= 0.3 is 0 Å². The molecule has 0 saturated carbocycles. The first-order valence-electron chi connectivity index (χ1n) is 5.83. The van der Waals surface area contributed by atoms with Crippen LogP contribution in [0.15, 0.2) is 29.4 Å². The second kappa shape index (κ2) is 6.62. The lowest BCUT2D eigenvalue weighted by molar-refractivity contribution is -0.0410. The molecule has 3 nitrogen and oxygen atoms in total. The van der Waals surface area contributed by atoms with Crippen molar-refractivity contribution in [3.05, 3.63) is 34.9 Å². The number of nitrogens with zero attached hydrogens (tertiary/aromatic N) is 1. The Balaban J connectivity index is 2.70. The number of benzene rings is 1. The van der Waals surface area contributed by atoms with Crippen LogP contribution in [0.1, 0.15) is 32.3 Å². The zero-order valence-corrected chi connectivity index (χ0v) is 11.1. The lowest BCUT2D eigenvalue weighted by atomic mass is 9.98.